The van der Waals surface area contributed by atoms with Crippen molar-refractivity contribution in [2.45, 2.75) is 19.4 Å². The Balaban J connectivity index is 1.88. The first kappa shape index (κ1) is 20.8. The van der Waals surface area contributed by atoms with Gasteiger partial charge in [-0.05, 0) is 30.5 Å². The Hall–Kier alpha value is -2.91. The molecule has 1 amide bonds. The maximum Gasteiger partial charge on any atom is 0.293 e. The van der Waals surface area contributed by atoms with Crippen molar-refractivity contribution in [2.24, 2.45) is 5.73 Å². The predicted octanol–water partition coefficient (Wildman–Crippen LogP) is 0.102. The molecule has 1 aliphatic rings. The van der Waals surface area contributed by atoms with Gasteiger partial charge in [0.1, 0.15) is 5.75 Å². The molecule has 1 fully saturated rings. The molecule has 0 spiro atoms. The molecule has 1 saturated heterocycles. The Kier molecular flexibility index (Phi) is 7.20. The Labute approximate surface area is 169 Å². The van der Waals surface area contributed by atoms with Crippen LogP contribution in [0.3, 0.4) is 0 Å². The monoisotopic (exact) mass is 401 g/mol. The van der Waals surface area contributed by atoms with Gasteiger partial charge < -0.3 is 30.0 Å². The maximum atomic E-state index is 13.1. The smallest absolute Gasteiger partial charge is 0.293 e. The normalized spacial score (nSPS) is 14.0. The summed E-state index contributed by atoms with van der Waals surface area (Å²) < 4.78 is 12.0. The van der Waals surface area contributed by atoms with E-state index in [0.717, 1.165) is 23.4 Å². The number of nitrogens with zero attached hydrogens (tertiary/aromatic N) is 3. The van der Waals surface area contributed by atoms with Gasteiger partial charge in [-0.15, -0.1) is 0 Å². The number of ether oxygens (including phenoxy) is 2. The van der Waals surface area contributed by atoms with Crippen molar-refractivity contribution < 1.29 is 14.3 Å². The third-order valence-electron chi connectivity index (χ3n) is 4.70. The van der Waals surface area contributed by atoms with E-state index in [0.29, 0.717) is 38.5 Å². The highest BCUT2D eigenvalue weighted by Gasteiger charge is 2.22. The highest BCUT2D eigenvalue weighted by atomic mass is 16.5. The van der Waals surface area contributed by atoms with Crippen molar-refractivity contribution >= 4 is 11.7 Å². The zero-order valence-electron chi connectivity index (χ0n) is 16.6. The molecule has 1 aromatic heterocycles. The van der Waals surface area contributed by atoms with E-state index < -0.39 is 0 Å². The van der Waals surface area contributed by atoms with Gasteiger partial charge in [0.05, 0.1) is 32.6 Å². The van der Waals surface area contributed by atoms with E-state index in [-0.39, 0.29) is 24.7 Å². The van der Waals surface area contributed by atoms with Gasteiger partial charge in [-0.2, -0.15) is 0 Å². The topological polar surface area (TPSA) is 112 Å². The molecule has 2 heterocycles. The molecular formula is C20H27N5O4. The Morgan fingerprint density at radius 2 is 2.03 bits per heavy atom. The SMILES string of the molecule is COc1ccc(Cn2cc(CCCOCN)nc(N3CCNC(=O)C3)c2=O)cc1. The number of carbonyl (C=O) groups excluding carboxylic acids is 1. The molecule has 0 saturated carbocycles. The largest absolute Gasteiger partial charge is 0.497 e. The summed E-state index contributed by atoms with van der Waals surface area (Å²) in [5, 5.41) is 2.77. The quantitative estimate of drug-likeness (QED) is 0.453. The lowest BCUT2D eigenvalue weighted by atomic mass is 10.2. The summed E-state index contributed by atoms with van der Waals surface area (Å²) >= 11 is 0. The Morgan fingerprint density at radius 3 is 2.72 bits per heavy atom. The lowest BCUT2D eigenvalue weighted by molar-refractivity contribution is -0.120. The molecule has 0 atom stereocenters. The summed E-state index contributed by atoms with van der Waals surface area (Å²) in [6, 6.07) is 7.58. The number of benzene rings is 1. The molecule has 3 N–H and O–H groups in total. The Bertz CT molecular complexity index is 881. The average Bonchev–Trinajstić information content (AvgIpc) is 2.74. The van der Waals surface area contributed by atoms with Crippen LogP contribution in [0.25, 0.3) is 0 Å². The van der Waals surface area contributed by atoms with E-state index in [1.807, 2.05) is 24.3 Å². The molecule has 0 unspecified atom stereocenters. The third-order valence-corrected chi connectivity index (χ3v) is 4.70. The van der Waals surface area contributed by atoms with Gasteiger partial charge in [-0.1, -0.05) is 12.1 Å². The number of nitrogens with two attached hydrogens (primary N) is 1. The summed E-state index contributed by atoms with van der Waals surface area (Å²) in [7, 11) is 1.62. The predicted molar refractivity (Wildman–Crippen MR) is 109 cm³/mol. The van der Waals surface area contributed by atoms with E-state index in [4.69, 9.17) is 15.2 Å². The van der Waals surface area contributed by atoms with Crippen LogP contribution in [-0.4, -0.2) is 55.5 Å². The van der Waals surface area contributed by atoms with E-state index >= 15 is 0 Å². The molecule has 29 heavy (non-hydrogen) atoms. The zero-order chi connectivity index (χ0) is 20.6. The van der Waals surface area contributed by atoms with Crippen molar-refractivity contribution in [3.8, 4) is 5.75 Å². The second-order valence-corrected chi connectivity index (χ2v) is 6.79. The van der Waals surface area contributed by atoms with Crippen molar-refractivity contribution in [3.63, 3.8) is 0 Å². The minimum atomic E-state index is -0.211. The number of carbonyl (C=O) groups is 1. The van der Waals surface area contributed by atoms with Crippen LogP contribution in [-0.2, 0) is 22.5 Å². The van der Waals surface area contributed by atoms with Gasteiger partial charge in [-0.3, -0.25) is 9.59 Å². The summed E-state index contributed by atoms with van der Waals surface area (Å²) in [5.74, 6) is 0.961. The van der Waals surface area contributed by atoms with Crippen LogP contribution in [0.1, 0.15) is 17.7 Å². The first-order valence-electron chi connectivity index (χ1n) is 9.63. The molecular weight excluding hydrogens is 374 g/mol. The van der Waals surface area contributed by atoms with Gasteiger partial charge in [0.25, 0.3) is 5.56 Å². The fraction of sp³-hybridized carbons (Fsp3) is 0.450. The van der Waals surface area contributed by atoms with Crippen molar-refractivity contribution in [1.82, 2.24) is 14.9 Å². The number of methoxy groups -OCH3 is 1. The molecule has 3 rings (SSSR count). The number of hydrogen-bond donors (Lipinski definition) is 2. The number of hydrogen-bond acceptors (Lipinski definition) is 7. The van der Waals surface area contributed by atoms with Crippen molar-refractivity contribution in [2.75, 3.05) is 45.0 Å². The molecule has 156 valence electrons. The first-order chi connectivity index (χ1) is 14.1. The van der Waals surface area contributed by atoms with Crippen LogP contribution in [0.15, 0.2) is 35.3 Å². The number of anilines is 1. The lowest BCUT2D eigenvalue weighted by Gasteiger charge is -2.27. The van der Waals surface area contributed by atoms with E-state index in [2.05, 4.69) is 10.3 Å². The summed E-state index contributed by atoms with van der Waals surface area (Å²) in [4.78, 5) is 31.2. The molecule has 1 aliphatic heterocycles. The first-order valence-corrected chi connectivity index (χ1v) is 9.63. The van der Waals surface area contributed by atoms with Crippen molar-refractivity contribution in [1.29, 1.82) is 0 Å². The highest BCUT2D eigenvalue weighted by molar-refractivity contribution is 5.82. The molecule has 2 aromatic rings. The number of aromatic nitrogens is 2. The van der Waals surface area contributed by atoms with Crippen LogP contribution < -0.4 is 26.2 Å². The van der Waals surface area contributed by atoms with Crippen LogP contribution in [0.2, 0.25) is 0 Å². The maximum absolute atomic E-state index is 13.1. The van der Waals surface area contributed by atoms with Crippen LogP contribution in [0.5, 0.6) is 5.75 Å². The standard InChI is InChI=1S/C20H27N5O4/c1-28-17-6-4-15(5-7-17)11-25-12-16(3-2-10-29-14-21)23-19(20(25)27)24-9-8-22-18(26)13-24/h4-7,12H,2-3,8-11,13-14,21H2,1H3,(H,22,26). The fourth-order valence-electron chi connectivity index (χ4n) is 3.21. The van der Waals surface area contributed by atoms with Gasteiger partial charge >= 0.3 is 0 Å². The molecule has 0 bridgehead atoms. The van der Waals surface area contributed by atoms with Gasteiger partial charge in [0.2, 0.25) is 5.91 Å². The van der Waals surface area contributed by atoms with Gasteiger partial charge in [0.15, 0.2) is 5.82 Å². The number of amides is 1. The second-order valence-electron chi connectivity index (χ2n) is 6.79. The Morgan fingerprint density at radius 1 is 1.24 bits per heavy atom. The lowest BCUT2D eigenvalue weighted by Crippen LogP contribution is -2.50. The molecule has 1 aromatic carbocycles. The summed E-state index contributed by atoms with van der Waals surface area (Å²) in [6.45, 7) is 2.29. The number of aryl methyl sites for hydroxylation is 1. The second kappa shape index (κ2) is 10.0. The number of rotatable bonds is 9. The molecule has 9 nitrogen and oxygen atoms in total. The summed E-state index contributed by atoms with van der Waals surface area (Å²) in [5.41, 5.74) is 6.89. The highest BCUT2D eigenvalue weighted by Crippen LogP contribution is 2.14. The molecule has 9 heteroatoms. The third kappa shape index (κ3) is 5.55. The van der Waals surface area contributed by atoms with Crippen LogP contribution >= 0.6 is 0 Å². The van der Waals surface area contributed by atoms with Crippen LogP contribution in [0, 0.1) is 0 Å². The molecule has 0 radical (unpaired) electrons. The minimum absolute atomic E-state index is 0.110. The minimum Gasteiger partial charge on any atom is -0.497 e. The van der Waals surface area contributed by atoms with Gasteiger partial charge in [0, 0.05) is 25.9 Å². The van der Waals surface area contributed by atoms with E-state index in [1.54, 1.807) is 22.8 Å². The van der Waals surface area contributed by atoms with E-state index in [9.17, 15) is 9.59 Å². The van der Waals surface area contributed by atoms with E-state index in [1.165, 1.54) is 0 Å². The average molecular weight is 401 g/mol. The van der Waals surface area contributed by atoms with Crippen LogP contribution in [0.4, 0.5) is 5.82 Å². The summed E-state index contributed by atoms with van der Waals surface area (Å²) in [6.07, 6.45) is 3.17. The zero-order valence-corrected chi connectivity index (χ0v) is 16.6. The fourth-order valence-corrected chi connectivity index (χ4v) is 3.21. The van der Waals surface area contributed by atoms with Gasteiger partial charge in [-0.25, -0.2) is 4.98 Å². The van der Waals surface area contributed by atoms with Crippen molar-refractivity contribution in [3.05, 3.63) is 52.1 Å². The number of piperazine rings is 1. The molecule has 0 aliphatic carbocycles. The number of nitrogens with one attached hydrogen (secondary N) is 1.